The van der Waals surface area contributed by atoms with E-state index in [9.17, 15) is 57.2 Å². The van der Waals surface area contributed by atoms with E-state index in [1.165, 1.54) is 60.8 Å². The van der Waals surface area contributed by atoms with E-state index in [4.69, 9.17) is 4.74 Å². The van der Waals surface area contributed by atoms with Crippen LogP contribution in [0.15, 0.2) is 216 Å². The Morgan fingerprint density at radius 1 is 0.430 bits per heavy atom. The van der Waals surface area contributed by atoms with Crippen molar-refractivity contribution in [3.63, 3.8) is 0 Å². The zero-order chi connectivity index (χ0) is 79.6. The average Bonchev–Trinajstić information content (AvgIpc) is 1.29. The van der Waals surface area contributed by atoms with Gasteiger partial charge in [-0.25, -0.2) is 61.8 Å². The highest BCUT2D eigenvalue weighted by atomic mass is 32.2. The van der Waals surface area contributed by atoms with Gasteiger partial charge in [0, 0.05) is 51.2 Å². The van der Waals surface area contributed by atoms with Crippen molar-refractivity contribution in [2.75, 3.05) is 13.2 Å². The highest BCUT2D eigenvalue weighted by molar-refractivity contribution is 7.93. The van der Waals surface area contributed by atoms with Crippen molar-refractivity contribution in [2.24, 2.45) is 23.3 Å². The Labute approximate surface area is 656 Å². The van der Waals surface area contributed by atoms with Crippen LogP contribution < -0.4 is 0 Å². The maximum atomic E-state index is 14.3. The molecule has 9 heterocycles. The van der Waals surface area contributed by atoms with Gasteiger partial charge in [0.15, 0.2) is 51.9 Å². The molecular weight excluding hydrogens is 1520 g/mol. The van der Waals surface area contributed by atoms with Crippen LogP contribution in [0.5, 0.6) is 0 Å². The van der Waals surface area contributed by atoms with Crippen molar-refractivity contribution in [1.82, 2.24) is 53.8 Å². The number of ketones is 3. The molecular formula is C86H79F4N11O10S3. The fourth-order valence-corrected chi connectivity index (χ4v) is 23.6. The van der Waals surface area contributed by atoms with Crippen LogP contribution in [-0.4, -0.2) is 131 Å². The molecule has 114 heavy (non-hydrogen) atoms. The lowest BCUT2D eigenvalue weighted by molar-refractivity contribution is 0.0788. The van der Waals surface area contributed by atoms with Gasteiger partial charge in [0.2, 0.25) is 0 Å². The van der Waals surface area contributed by atoms with E-state index in [-0.39, 0.29) is 76.1 Å². The molecule has 8 aromatic heterocycles. The summed E-state index contributed by atoms with van der Waals surface area (Å²) in [6.07, 6.45) is 24.9. The molecule has 1 saturated heterocycles. The third kappa shape index (κ3) is 14.3. The Morgan fingerprint density at radius 3 is 1.20 bits per heavy atom. The normalized spacial score (nSPS) is 21.9. The minimum absolute atomic E-state index is 0.0273. The quantitative estimate of drug-likeness (QED) is 0.0681. The van der Waals surface area contributed by atoms with Crippen LogP contribution in [-0.2, 0) is 60.6 Å². The molecule has 0 radical (unpaired) electrons. The number of rotatable bonds is 15. The number of Topliss-reactive ketones (excluding diaryl/α,β-unsaturated/α-hetero) is 3. The van der Waals surface area contributed by atoms with E-state index in [0.29, 0.717) is 100 Å². The fraction of sp³-hybridized carbons (Fsp3) is 0.302. The molecule has 11 aromatic rings. The Balaban J connectivity index is 0.000000129. The molecule has 4 fully saturated rings. The van der Waals surface area contributed by atoms with Crippen LogP contribution in [0.2, 0.25) is 0 Å². The summed E-state index contributed by atoms with van der Waals surface area (Å²) in [5, 5.41) is 11.0. The van der Waals surface area contributed by atoms with E-state index >= 15 is 0 Å². The predicted octanol–water partition coefficient (Wildman–Crippen LogP) is 14.3. The first kappa shape index (κ1) is 76.9. The van der Waals surface area contributed by atoms with E-state index in [2.05, 4.69) is 35.2 Å². The van der Waals surface area contributed by atoms with Gasteiger partial charge in [-0.15, -0.1) is 0 Å². The maximum absolute atomic E-state index is 14.3. The van der Waals surface area contributed by atoms with Gasteiger partial charge in [-0.3, -0.25) is 29.3 Å². The standard InChI is InChI=1S/C29H27FN4O3S.C29H30FN3O4S.C28H22F2N4O3S/c1-19-3-10-26(31-16-19)28(35)29-14-20-17-32-34(23-7-5-22(30)6-8-23)27(20)13-21(29)4-9-24(15-29)38(36,37)25-11-12-33(2)18-25;1-19-2-9-26(31-17-19)28(34)29-15-20-18-32-33(23-6-4-22(30)5-7-23)27(20)14-21(29)3-8-25(16-29)38(35,36)24-10-12-37-13-11-24;29-20-5-8-22(9-6-20)34-25-13-19-4-10-23(38(36,37)26-3-1-2-12-31-26)15-28(19,14-18(25)16-33-34)27(35)24-11-7-21(30)17-32-24/h3,5-8,10-13,16-18,24H,4,9,14-15H2,1-2H3;2,4-7,9,14,17-18,24-25H,3,8,10-13,15-16H2,1H3;1-3,5-9,11-13,16-17,23H,4,10,14-15H2/t24-,29-;25-,29-;23-,28-/m000/s1. The first-order valence-electron chi connectivity index (χ1n) is 37.8. The summed E-state index contributed by atoms with van der Waals surface area (Å²) in [5.74, 6) is -2.26. The van der Waals surface area contributed by atoms with Crippen LogP contribution >= 0.6 is 0 Å². The summed E-state index contributed by atoms with van der Waals surface area (Å²) in [4.78, 5) is 59.8. The number of nitrogens with zero attached hydrogens (tertiary/aromatic N) is 11. The van der Waals surface area contributed by atoms with E-state index in [0.717, 1.165) is 73.5 Å². The topological polar surface area (TPSA) is 273 Å². The molecule has 21 nitrogen and oxygen atoms in total. The highest BCUT2D eigenvalue weighted by Crippen LogP contribution is 2.56. The van der Waals surface area contributed by atoms with Crippen LogP contribution in [0.25, 0.3) is 35.3 Å². The molecule has 6 atom stereocenters. The monoisotopic (exact) mass is 1600 g/mol. The van der Waals surface area contributed by atoms with Crippen molar-refractivity contribution in [3.8, 4) is 17.1 Å². The molecule has 7 aliphatic rings. The molecule has 3 aromatic carbocycles. The van der Waals surface area contributed by atoms with Gasteiger partial charge in [0.25, 0.3) is 0 Å². The molecule has 584 valence electrons. The molecule has 0 amide bonds. The SMILES string of the molecule is Cc1ccc(C(=O)[C@]23Cc4cnn(-c5ccc(F)cc5)c4C=C2CC[C@H](S(=O)(=O)C2CCOCC2)C3)nc1.Cc1ccc(C(=O)[C@]23Cc4cnn(-c5ccc(F)cc5)c4C=C2CC[C@H](S(=O)(=O)c2ccn(C)c2)C3)nc1.O=C(c1ccc(F)cn1)[C@]12Cc3cnn(-c4ccc(F)cc4)c3C=C1CC[C@H](S(=O)(=O)c1ccccn1)C2. The fourth-order valence-electron chi connectivity index (χ4n) is 17.6. The minimum atomic E-state index is -3.82. The molecule has 0 spiro atoms. The van der Waals surface area contributed by atoms with Crippen molar-refractivity contribution >= 4 is 65.1 Å². The van der Waals surface area contributed by atoms with Crippen molar-refractivity contribution < 1.29 is 61.9 Å². The second-order valence-electron chi connectivity index (χ2n) is 30.7. The summed E-state index contributed by atoms with van der Waals surface area (Å²) < 4.78 is 149. The van der Waals surface area contributed by atoms with E-state index in [1.54, 1.807) is 136 Å². The Hall–Kier alpha value is -11.1. The first-order chi connectivity index (χ1) is 54.7. The van der Waals surface area contributed by atoms with Gasteiger partial charge in [-0.1, -0.05) is 34.9 Å². The number of pyridine rings is 4. The Morgan fingerprint density at radius 2 is 0.825 bits per heavy atom. The van der Waals surface area contributed by atoms with Crippen LogP contribution in [0, 0.1) is 53.4 Å². The van der Waals surface area contributed by atoms with Crippen molar-refractivity contribution in [3.05, 3.63) is 291 Å². The molecule has 0 unspecified atom stereocenters. The number of carbonyl (C=O) groups excluding carboxylic acids is 3. The van der Waals surface area contributed by atoms with Gasteiger partial charge >= 0.3 is 0 Å². The number of halogens is 4. The zero-order valence-electron chi connectivity index (χ0n) is 62.5. The molecule has 1 aliphatic heterocycles. The van der Waals surface area contributed by atoms with Gasteiger partial charge in [-0.2, -0.15) is 15.3 Å². The van der Waals surface area contributed by atoms with Gasteiger partial charge in [-0.05, 0) is 265 Å². The summed E-state index contributed by atoms with van der Waals surface area (Å²) >= 11 is 0. The number of hydrogen-bond donors (Lipinski definition) is 0. The summed E-state index contributed by atoms with van der Waals surface area (Å²) in [7, 11) is -9.13. The first-order valence-corrected chi connectivity index (χ1v) is 42.5. The van der Waals surface area contributed by atoms with Crippen molar-refractivity contribution in [1.29, 1.82) is 0 Å². The molecule has 0 N–H and O–H groups in total. The Bertz CT molecular complexity index is 6030. The van der Waals surface area contributed by atoms with Crippen LogP contribution in [0.1, 0.15) is 147 Å². The Kier molecular flexibility index (Phi) is 20.5. The largest absolute Gasteiger partial charge is 0.381 e. The molecule has 28 heteroatoms. The number of carbonyl (C=O) groups is 3. The number of ether oxygens (including phenoxy) is 1. The number of hydrogen-bond acceptors (Lipinski definition) is 17. The number of aryl methyl sites for hydroxylation is 3. The van der Waals surface area contributed by atoms with Gasteiger partial charge in [0.05, 0.1) is 101 Å². The summed E-state index contributed by atoms with van der Waals surface area (Å²) in [6.45, 7) is 4.72. The predicted molar refractivity (Wildman–Crippen MR) is 418 cm³/mol. The van der Waals surface area contributed by atoms with E-state index < -0.39 is 72.6 Å². The van der Waals surface area contributed by atoms with Gasteiger partial charge in [0.1, 0.15) is 40.4 Å². The summed E-state index contributed by atoms with van der Waals surface area (Å²) in [6, 6.07) is 34.2. The molecule has 3 saturated carbocycles. The number of sulfone groups is 3. The van der Waals surface area contributed by atoms with Crippen LogP contribution in [0.3, 0.4) is 0 Å². The third-order valence-electron chi connectivity index (χ3n) is 23.7. The van der Waals surface area contributed by atoms with E-state index in [1.807, 2.05) is 44.2 Å². The average molecular weight is 1600 g/mol. The minimum Gasteiger partial charge on any atom is -0.381 e. The second-order valence-corrected chi connectivity index (χ2v) is 37.6. The third-order valence-corrected chi connectivity index (χ3v) is 30.7. The highest BCUT2D eigenvalue weighted by Gasteiger charge is 2.56. The lowest BCUT2D eigenvalue weighted by Crippen LogP contribution is -2.48. The zero-order valence-corrected chi connectivity index (χ0v) is 64.9. The second kappa shape index (κ2) is 30.4. The molecule has 0 bridgehead atoms. The maximum Gasteiger partial charge on any atom is 0.198 e. The number of fused-ring (bicyclic) bond motifs is 6. The lowest BCUT2D eigenvalue weighted by atomic mass is 9.61. The van der Waals surface area contributed by atoms with Crippen molar-refractivity contribution in [2.45, 2.75) is 135 Å². The summed E-state index contributed by atoms with van der Waals surface area (Å²) in [5.41, 5.74) is 8.96. The van der Waals surface area contributed by atoms with Gasteiger partial charge < -0.3 is 9.30 Å². The van der Waals surface area contributed by atoms with Crippen LogP contribution in [0.4, 0.5) is 17.6 Å². The number of allylic oxidation sites excluding steroid dienone is 3. The molecule has 6 aliphatic carbocycles. The number of aromatic nitrogens is 11. The lowest BCUT2D eigenvalue weighted by Gasteiger charge is -2.44. The molecule has 18 rings (SSSR count). The number of benzene rings is 3. The smallest absolute Gasteiger partial charge is 0.198 e.